The molecule has 0 aromatic heterocycles. The Morgan fingerprint density at radius 2 is 1.43 bits per heavy atom. The van der Waals surface area contributed by atoms with Crippen LogP contribution in [0, 0.1) is 0 Å². The van der Waals surface area contributed by atoms with Gasteiger partial charge in [-0.2, -0.15) is 0 Å². The Labute approximate surface area is 176 Å². The van der Waals surface area contributed by atoms with Crippen LogP contribution in [-0.4, -0.2) is 22.2 Å². The zero-order chi connectivity index (χ0) is 22.4. The molecule has 1 aliphatic heterocycles. The molecule has 1 fully saturated rings. The van der Waals surface area contributed by atoms with E-state index in [4.69, 9.17) is 0 Å². The van der Waals surface area contributed by atoms with Crippen LogP contribution in [0.2, 0.25) is 0 Å². The van der Waals surface area contributed by atoms with E-state index in [1.165, 1.54) is 6.08 Å². The minimum Gasteiger partial charge on any atom is -0.504 e. The number of nitrogens with one attached hydrogen (secondary N) is 1. The van der Waals surface area contributed by atoms with Crippen LogP contribution in [0.4, 0.5) is 10.5 Å². The summed E-state index contributed by atoms with van der Waals surface area (Å²) in [5.41, 5.74) is 1.39. The van der Waals surface area contributed by atoms with Gasteiger partial charge in [0.25, 0.3) is 5.91 Å². The summed E-state index contributed by atoms with van der Waals surface area (Å²) < 4.78 is 0. The summed E-state index contributed by atoms with van der Waals surface area (Å²) in [6, 6.07) is 9.91. The van der Waals surface area contributed by atoms with Crippen LogP contribution in [0.3, 0.4) is 0 Å². The first-order valence-corrected chi connectivity index (χ1v) is 9.84. The fourth-order valence-corrected chi connectivity index (χ4v) is 3.50. The van der Waals surface area contributed by atoms with Crippen molar-refractivity contribution >= 4 is 23.7 Å². The van der Waals surface area contributed by atoms with Crippen LogP contribution in [0.15, 0.2) is 42.1 Å². The van der Waals surface area contributed by atoms with Crippen molar-refractivity contribution in [3.8, 4) is 11.5 Å². The fourth-order valence-electron chi connectivity index (χ4n) is 3.50. The number of aromatic hydroxyl groups is 2. The monoisotopic (exact) mass is 408 g/mol. The van der Waals surface area contributed by atoms with Crippen LogP contribution in [0.25, 0.3) is 6.08 Å². The molecule has 3 N–H and O–H groups in total. The smallest absolute Gasteiger partial charge is 0.333 e. The number of urea groups is 1. The van der Waals surface area contributed by atoms with E-state index in [9.17, 15) is 19.8 Å². The van der Waals surface area contributed by atoms with Gasteiger partial charge < -0.3 is 15.5 Å². The lowest BCUT2D eigenvalue weighted by molar-refractivity contribution is -0.113. The molecule has 6 nitrogen and oxygen atoms in total. The van der Waals surface area contributed by atoms with Gasteiger partial charge >= 0.3 is 6.03 Å². The number of benzene rings is 2. The summed E-state index contributed by atoms with van der Waals surface area (Å²) in [6.45, 7) is 11.8. The SMILES string of the molecule is CC(C)(C)c1cc(C(C)(C)C)c(/C=C2\NC(=O)N(c3ccccc3)C2=O)c(O)c1O. The number of para-hydroxylation sites is 1. The molecule has 1 aliphatic rings. The highest BCUT2D eigenvalue weighted by Crippen LogP contribution is 2.45. The quantitative estimate of drug-likeness (QED) is 0.379. The van der Waals surface area contributed by atoms with Crippen molar-refractivity contribution < 1.29 is 19.8 Å². The molecule has 2 aromatic rings. The zero-order valence-electron chi connectivity index (χ0n) is 18.2. The number of anilines is 1. The molecule has 0 unspecified atom stereocenters. The Morgan fingerprint density at radius 3 is 1.97 bits per heavy atom. The third-order valence-corrected chi connectivity index (χ3v) is 5.11. The highest BCUT2D eigenvalue weighted by molar-refractivity contribution is 6.28. The van der Waals surface area contributed by atoms with Crippen LogP contribution in [0.1, 0.15) is 58.2 Å². The van der Waals surface area contributed by atoms with Crippen molar-refractivity contribution in [1.29, 1.82) is 0 Å². The summed E-state index contributed by atoms with van der Waals surface area (Å²) in [5, 5.41) is 24.1. The van der Waals surface area contributed by atoms with E-state index >= 15 is 0 Å². The second-order valence-corrected chi connectivity index (χ2v) is 9.55. The van der Waals surface area contributed by atoms with Crippen LogP contribution < -0.4 is 10.2 Å². The molecule has 0 atom stereocenters. The highest BCUT2D eigenvalue weighted by atomic mass is 16.3. The molecule has 1 saturated heterocycles. The number of hydrogen-bond donors (Lipinski definition) is 3. The van der Waals surface area contributed by atoms with Gasteiger partial charge in [-0.3, -0.25) is 4.79 Å². The van der Waals surface area contributed by atoms with Crippen LogP contribution >= 0.6 is 0 Å². The number of carbonyl (C=O) groups excluding carboxylic acids is 2. The molecular weight excluding hydrogens is 380 g/mol. The molecule has 0 radical (unpaired) electrons. The summed E-state index contributed by atoms with van der Waals surface area (Å²) >= 11 is 0. The molecule has 0 aliphatic carbocycles. The summed E-state index contributed by atoms with van der Waals surface area (Å²) in [6.07, 6.45) is 1.44. The van der Waals surface area contributed by atoms with Gasteiger partial charge in [-0.1, -0.05) is 65.8 Å². The van der Waals surface area contributed by atoms with Crippen molar-refractivity contribution in [2.24, 2.45) is 0 Å². The lowest BCUT2D eigenvalue weighted by Crippen LogP contribution is -2.30. The number of phenols is 2. The topological polar surface area (TPSA) is 89.9 Å². The van der Waals surface area contributed by atoms with E-state index in [0.29, 0.717) is 16.8 Å². The Balaban J connectivity index is 2.17. The van der Waals surface area contributed by atoms with E-state index in [2.05, 4.69) is 5.32 Å². The van der Waals surface area contributed by atoms with Gasteiger partial charge in [0.05, 0.1) is 5.69 Å². The fraction of sp³-hybridized carbons (Fsp3) is 0.333. The van der Waals surface area contributed by atoms with Gasteiger partial charge in [-0.25, -0.2) is 9.69 Å². The van der Waals surface area contributed by atoms with Crippen molar-refractivity contribution in [2.75, 3.05) is 4.90 Å². The molecule has 0 spiro atoms. The van der Waals surface area contributed by atoms with E-state index in [0.717, 1.165) is 10.5 Å². The standard InChI is InChI=1S/C24H28N2O4/c1-23(2,3)16-13-17(24(4,5)6)20(28)19(27)15(16)12-18-21(29)26(22(30)25-18)14-10-8-7-9-11-14/h7-13,27-28H,1-6H3,(H,25,30)/b18-12-. The molecule has 0 saturated carbocycles. The van der Waals surface area contributed by atoms with Gasteiger partial charge in [0.2, 0.25) is 0 Å². The Hall–Kier alpha value is -3.28. The number of carbonyl (C=O) groups is 2. The first-order valence-electron chi connectivity index (χ1n) is 9.84. The predicted octanol–water partition coefficient (Wildman–Crippen LogP) is 4.79. The first-order chi connectivity index (χ1) is 13.8. The maximum Gasteiger partial charge on any atom is 0.333 e. The summed E-state index contributed by atoms with van der Waals surface area (Å²) in [5.74, 6) is -1.05. The Bertz CT molecular complexity index is 1040. The second-order valence-electron chi connectivity index (χ2n) is 9.55. The zero-order valence-corrected chi connectivity index (χ0v) is 18.2. The van der Waals surface area contributed by atoms with Crippen LogP contribution in [0.5, 0.6) is 11.5 Å². The molecule has 3 rings (SSSR count). The maximum atomic E-state index is 12.9. The molecule has 2 aromatic carbocycles. The number of imide groups is 1. The van der Waals surface area contributed by atoms with E-state index in [1.54, 1.807) is 30.3 Å². The third-order valence-electron chi connectivity index (χ3n) is 5.11. The summed E-state index contributed by atoms with van der Waals surface area (Å²) in [7, 11) is 0. The van der Waals surface area contributed by atoms with E-state index in [-0.39, 0.29) is 22.6 Å². The van der Waals surface area contributed by atoms with Crippen LogP contribution in [-0.2, 0) is 15.6 Å². The maximum absolute atomic E-state index is 12.9. The average Bonchev–Trinajstić information content (AvgIpc) is 2.91. The molecule has 158 valence electrons. The van der Waals surface area contributed by atoms with Crippen molar-refractivity contribution in [3.05, 3.63) is 58.8 Å². The van der Waals surface area contributed by atoms with E-state index < -0.39 is 17.4 Å². The third kappa shape index (κ3) is 3.77. The predicted molar refractivity (Wildman–Crippen MR) is 118 cm³/mol. The number of nitrogens with zero attached hydrogens (tertiary/aromatic N) is 1. The molecule has 6 heteroatoms. The number of hydrogen-bond acceptors (Lipinski definition) is 4. The average molecular weight is 408 g/mol. The molecule has 1 heterocycles. The molecule has 30 heavy (non-hydrogen) atoms. The van der Waals surface area contributed by atoms with Gasteiger partial charge in [0.1, 0.15) is 5.70 Å². The minimum absolute atomic E-state index is 0.0348. The first kappa shape index (κ1) is 21.4. The normalized spacial score (nSPS) is 16.3. The Kier molecular flexibility index (Phi) is 5.14. The molecular formula is C24H28N2O4. The van der Waals surface area contributed by atoms with Gasteiger partial charge in [0, 0.05) is 11.1 Å². The van der Waals surface area contributed by atoms with Gasteiger partial charge in [-0.05, 0) is 34.6 Å². The summed E-state index contributed by atoms with van der Waals surface area (Å²) in [4.78, 5) is 26.4. The minimum atomic E-state index is -0.565. The van der Waals surface area contributed by atoms with Gasteiger partial charge in [-0.15, -0.1) is 0 Å². The van der Waals surface area contributed by atoms with Crippen molar-refractivity contribution in [2.45, 2.75) is 52.4 Å². The van der Waals surface area contributed by atoms with Crippen molar-refractivity contribution in [1.82, 2.24) is 5.32 Å². The molecule has 3 amide bonds. The highest BCUT2D eigenvalue weighted by Gasteiger charge is 2.36. The number of amides is 3. The second kappa shape index (κ2) is 7.20. The van der Waals surface area contributed by atoms with E-state index in [1.807, 2.05) is 47.6 Å². The lowest BCUT2D eigenvalue weighted by Gasteiger charge is -2.28. The Morgan fingerprint density at radius 1 is 0.867 bits per heavy atom. The van der Waals surface area contributed by atoms with Crippen molar-refractivity contribution in [3.63, 3.8) is 0 Å². The lowest BCUT2D eigenvalue weighted by atomic mass is 9.77. The largest absolute Gasteiger partial charge is 0.504 e. The number of phenolic OH excluding ortho intramolecular Hbond substituents is 2. The molecule has 0 bridgehead atoms. The van der Waals surface area contributed by atoms with Gasteiger partial charge in [0.15, 0.2) is 11.5 Å². The number of rotatable bonds is 2.